The maximum Gasteiger partial charge on any atom is 0.105 e. The second-order valence-electron chi connectivity index (χ2n) is 2.42. The van der Waals surface area contributed by atoms with Gasteiger partial charge in [-0.05, 0) is 0 Å². The first-order valence-corrected chi connectivity index (χ1v) is 3.68. The molecule has 1 N–H and O–H groups in total. The molecule has 2 aromatic rings. The van der Waals surface area contributed by atoms with E-state index in [1.807, 2.05) is 23.9 Å². The van der Waals surface area contributed by atoms with Crippen molar-refractivity contribution in [2.75, 3.05) is 0 Å². The Hall–Kier alpha value is -1.16. The summed E-state index contributed by atoms with van der Waals surface area (Å²) in [4.78, 5) is 7.11. The predicted molar refractivity (Wildman–Crippen MR) is 45.9 cm³/mol. The van der Waals surface area contributed by atoms with Crippen molar-refractivity contribution in [3.63, 3.8) is 0 Å². The van der Waals surface area contributed by atoms with Crippen molar-refractivity contribution in [3.05, 3.63) is 23.2 Å². The van der Waals surface area contributed by atoms with Crippen LogP contribution in [-0.4, -0.2) is 14.5 Å². The van der Waals surface area contributed by atoms with Gasteiger partial charge in [0, 0.05) is 19.3 Å². The van der Waals surface area contributed by atoms with Gasteiger partial charge >= 0.3 is 0 Å². The number of hydrogen-bond acceptors (Lipinski definition) is 2. The highest BCUT2D eigenvalue weighted by Gasteiger charge is 1.96. The monoisotopic (exact) mass is 165 g/mol. The number of pyridine rings is 1. The van der Waals surface area contributed by atoms with E-state index >= 15 is 0 Å². The Morgan fingerprint density at radius 3 is 3.27 bits per heavy atom. The molecular formula is C7H7N3S. The van der Waals surface area contributed by atoms with Crippen LogP contribution in [0.2, 0.25) is 0 Å². The maximum atomic E-state index is 4.94. The lowest BCUT2D eigenvalue weighted by atomic mass is 10.4. The molecule has 0 unspecified atom stereocenters. The Labute approximate surface area is 68.7 Å². The Morgan fingerprint density at radius 2 is 2.45 bits per heavy atom. The van der Waals surface area contributed by atoms with Crippen LogP contribution in [-0.2, 0) is 7.05 Å². The molecular weight excluding hydrogens is 158 g/mol. The van der Waals surface area contributed by atoms with E-state index < -0.39 is 0 Å². The van der Waals surface area contributed by atoms with Crippen LogP contribution in [0.4, 0.5) is 0 Å². The Balaban J connectivity index is 2.96. The molecule has 56 valence electrons. The number of nitrogens with zero attached hydrogens (tertiary/aromatic N) is 2. The Kier molecular flexibility index (Phi) is 1.29. The number of aryl methyl sites for hydroxylation is 1. The molecule has 2 rings (SSSR count). The summed E-state index contributed by atoms with van der Waals surface area (Å²) in [7, 11) is 1.95. The van der Waals surface area contributed by atoms with Crippen LogP contribution in [0.5, 0.6) is 0 Å². The Bertz CT molecular complexity index is 440. The van der Waals surface area contributed by atoms with Gasteiger partial charge < -0.3 is 9.55 Å². The third-order valence-corrected chi connectivity index (χ3v) is 1.87. The highest BCUT2D eigenvalue weighted by molar-refractivity contribution is 7.71. The third kappa shape index (κ3) is 0.952. The minimum absolute atomic E-state index is 0.719. The summed E-state index contributed by atoms with van der Waals surface area (Å²) in [5.41, 5.74) is 2.01. The van der Waals surface area contributed by atoms with E-state index in [-0.39, 0.29) is 0 Å². The highest BCUT2D eigenvalue weighted by atomic mass is 32.1. The van der Waals surface area contributed by atoms with Gasteiger partial charge in [0.2, 0.25) is 0 Å². The second kappa shape index (κ2) is 2.17. The van der Waals surface area contributed by atoms with Crippen LogP contribution in [0.1, 0.15) is 0 Å². The normalized spacial score (nSPS) is 10.6. The standard InChI is InChI=1S/C7H7N3S/c1-10-4-9-5-2-7(11)8-3-6(5)10/h2-4H,1H3,(H,8,11). The first-order chi connectivity index (χ1) is 5.27. The quantitative estimate of drug-likeness (QED) is 0.602. The average molecular weight is 165 g/mol. The van der Waals surface area contributed by atoms with E-state index in [2.05, 4.69) is 9.97 Å². The van der Waals surface area contributed by atoms with Gasteiger partial charge in [0.25, 0.3) is 0 Å². The molecule has 0 atom stereocenters. The molecule has 0 amide bonds. The van der Waals surface area contributed by atoms with Crippen LogP contribution in [0, 0.1) is 4.64 Å². The first kappa shape index (κ1) is 6.54. The Morgan fingerprint density at radius 1 is 1.64 bits per heavy atom. The van der Waals surface area contributed by atoms with Crippen LogP contribution in [0.3, 0.4) is 0 Å². The summed E-state index contributed by atoms with van der Waals surface area (Å²) < 4.78 is 2.66. The number of hydrogen-bond donors (Lipinski definition) is 1. The molecule has 0 saturated carbocycles. The van der Waals surface area contributed by atoms with Gasteiger partial charge in [-0.25, -0.2) is 4.98 Å². The predicted octanol–water partition coefficient (Wildman–Crippen LogP) is 1.63. The molecule has 0 aliphatic rings. The number of imidazole rings is 1. The van der Waals surface area contributed by atoms with E-state index in [0.29, 0.717) is 0 Å². The van der Waals surface area contributed by atoms with Gasteiger partial charge in [-0.15, -0.1) is 0 Å². The lowest BCUT2D eigenvalue weighted by Crippen LogP contribution is -1.84. The van der Waals surface area contributed by atoms with Gasteiger partial charge in [0.1, 0.15) is 4.64 Å². The molecule has 0 fully saturated rings. The molecule has 0 aliphatic carbocycles. The third-order valence-electron chi connectivity index (χ3n) is 1.63. The first-order valence-electron chi connectivity index (χ1n) is 3.27. The fourth-order valence-electron chi connectivity index (χ4n) is 1.05. The summed E-state index contributed by atoms with van der Waals surface area (Å²) in [6, 6.07) is 1.85. The van der Waals surface area contributed by atoms with Gasteiger partial charge in [0.15, 0.2) is 0 Å². The molecule has 0 aliphatic heterocycles. The van der Waals surface area contributed by atoms with Crippen molar-refractivity contribution >= 4 is 23.3 Å². The zero-order valence-corrected chi connectivity index (χ0v) is 6.85. The number of aromatic nitrogens is 3. The van der Waals surface area contributed by atoms with Crippen molar-refractivity contribution in [1.82, 2.24) is 14.5 Å². The van der Waals surface area contributed by atoms with Crippen molar-refractivity contribution < 1.29 is 0 Å². The lowest BCUT2D eigenvalue weighted by molar-refractivity contribution is 0.944. The molecule has 11 heavy (non-hydrogen) atoms. The topological polar surface area (TPSA) is 33.6 Å². The van der Waals surface area contributed by atoms with E-state index in [9.17, 15) is 0 Å². The SMILES string of the molecule is Cn1cnc2cc(=S)[nH]cc21. The molecule has 0 spiro atoms. The zero-order chi connectivity index (χ0) is 7.84. The highest BCUT2D eigenvalue weighted by Crippen LogP contribution is 2.08. The number of rotatable bonds is 0. The molecule has 0 radical (unpaired) electrons. The van der Waals surface area contributed by atoms with E-state index in [4.69, 9.17) is 12.2 Å². The van der Waals surface area contributed by atoms with Crippen molar-refractivity contribution in [2.45, 2.75) is 0 Å². The molecule has 2 heterocycles. The van der Waals surface area contributed by atoms with E-state index in [1.54, 1.807) is 6.33 Å². The van der Waals surface area contributed by atoms with Gasteiger partial charge in [-0.1, -0.05) is 12.2 Å². The molecule has 4 heteroatoms. The fourth-order valence-corrected chi connectivity index (χ4v) is 1.22. The van der Waals surface area contributed by atoms with Crippen LogP contribution >= 0.6 is 12.2 Å². The summed E-state index contributed by atoms with van der Waals surface area (Å²) >= 11 is 4.94. The maximum absolute atomic E-state index is 4.94. The van der Waals surface area contributed by atoms with Crippen LogP contribution in [0.15, 0.2) is 18.6 Å². The van der Waals surface area contributed by atoms with Crippen molar-refractivity contribution in [1.29, 1.82) is 0 Å². The molecule has 2 aromatic heterocycles. The van der Waals surface area contributed by atoms with Gasteiger partial charge in [0.05, 0.1) is 17.4 Å². The summed E-state index contributed by atoms with van der Waals surface area (Å²) in [6.07, 6.45) is 3.64. The number of H-pyrrole nitrogens is 1. The summed E-state index contributed by atoms with van der Waals surface area (Å²) in [5.74, 6) is 0. The fraction of sp³-hybridized carbons (Fsp3) is 0.143. The van der Waals surface area contributed by atoms with E-state index in [0.717, 1.165) is 15.7 Å². The number of nitrogens with one attached hydrogen (secondary N) is 1. The van der Waals surface area contributed by atoms with Gasteiger partial charge in [-0.3, -0.25) is 0 Å². The van der Waals surface area contributed by atoms with Crippen LogP contribution in [0.25, 0.3) is 11.0 Å². The second-order valence-corrected chi connectivity index (χ2v) is 2.86. The largest absolute Gasteiger partial charge is 0.351 e. The van der Waals surface area contributed by atoms with Crippen molar-refractivity contribution in [3.8, 4) is 0 Å². The minimum atomic E-state index is 0.719. The van der Waals surface area contributed by atoms with Crippen molar-refractivity contribution in [2.24, 2.45) is 7.05 Å². The molecule has 0 aromatic carbocycles. The smallest absolute Gasteiger partial charge is 0.105 e. The molecule has 0 bridgehead atoms. The van der Waals surface area contributed by atoms with E-state index in [1.165, 1.54) is 0 Å². The molecule has 0 saturated heterocycles. The van der Waals surface area contributed by atoms with Gasteiger partial charge in [-0.2, -0.15) is 0 Å². The van der Waals surface area contributed by atoms with Crippen LogP contribution < -0.4 is 0 Å². The average Bonchev–Trinajstić information content (AvgIpc) is 2.32. The summed E-state index contributed by atoms with van der Waals surface area (Å²) in [5, 5.41) is 0. The zero-order valence-electron chi connectivity index (χ0n) is 6.03. The lowest BCUT2D eigenvalue weighted by Gasteiger charge is -1.91. The minimum Gasteiger partial charge on any atom is -0.351 e. The molecule has 3 nitrogen and oxygen atoms in total. The number of aromatic amines is 1. The summed E-state index contributed by atoms with van der Waals surface area (Å²) in [6.45, 7) is 0. The number of fused-ring (bicyclic) bond motifs is 1.